The molecule has 3 aromatic rings. The molecule has 0 aliphatic rings. The lowest BCUT2D eigenvalue weighted by Crippen LogP contribution is -2.20. The summed E-state index contributed by atoms with van der Waals surface area (Å²) < 4.78 is 112. The number of benzene rings is 2. The Hall–Kier alpha value is -3.64. The van der Waals surface area contributed by atoms with Gasteiger partial charge in [0.05, 0.1) is 0 Å². The molecule has 1 aromatic heterocycles. The van der Waals surface area contributed by atoms with Crippen LogP contribution in [0.1, 0.15) is 16.1 Å². The summed E-state index contributed by atoms with van der Waals surface area (Å²) in [5.74, 6) is -11.9. The Morgan fingerprint density at radius 1 is 0.935 bits per heavy atom. The van der Waals surface area contributed by atoms with Crippen LogP contribution >= 0.6 is 0 Å². The van der Waals surface area contributed by atoms with Gasteiger partial charge in [-0.25, -0.2) is 26.6 Å². The fourth-order valence-electron chi connectivity index (χ4n) is 2.39. The van der Waals surface area contributed by atoms with Gasteiger partial charge in [0.1, 0.15) is 22.8 Å². The van der Waals surface area contributed by atoms with Crippen LogP contribution < -0.4 is 10.1 Å². The van der Waals surface area contributed by atoms with Gasteiger partial charge in [-0.3, -0.25) is 4.79 Å². The van der Waals surface area contributed by atoms with Crippen LogP contribution in [0.4, 0.5) is 40.8 Å². The van der Waals surface area contributed by atoms with Crippen LogP contribution in [-0.4, -0.2) is 15.7 Å². The van der Waals surface area contributed by atoms with Gasteiger partial charge in [0.2, 0.25) is 0 Å². The van der Waals surface area contributed by atoms with E-state index in [0.29, 0.717) is 0 Å². The number of rotatable bonds is 5. The SMILES string of the molecule is O=C(Nc1c(F)c(F)c(C(F)(F)F)c(F)c1F)c1ccn(COc2ccc(F)cc2)n1. The second-order valence-electron chi connectivity index (χ2n) is 5.93. The van der Waals surface area contributed by atoms with Crippen molar-refractivity contribution in [1.82, 2.24) is 9.78 Å². The summed E-state index contributed by atoms with van der Waals surface area (Å²) in [6, 6.07) is 5.92. The summed E-state index contributed by atoms with van der Waals surface area (Å²) in [6.45, 7) is -0.273. The Morgan fingerprint density at radius 2 is 1.52 bits per heavy atom. The van der Waals surface area contributed by atoms with Crippen molar-refractivity contribution < 1.29 is 44.7 Å². The molecular formula is C18H9F8N3O2. The average Bonchev–Trinajstić information content (AvgIpc) is 3.17. The number of aromatic nitrogens is 2. The van der Waals surface area contributed by atoms with E-state index in [2.05, 4.69) is 5.10 Å². The number of amides is 1. The lowest BCUT2D eigenvalue weighted by Gasteiger charge is -2.14. The minimum absolute atomic E-state index is 0.253. The minimum atomic E-state index is -5.71. The molecule has 0 fully saturated rings. The highest BCUT2D eigenvalue weighted by atomic mass is 19.4. The van der Waals surface area contributed by atoms with Crippen LogP contribution in [0.25, 0.3) is 0 Å². The Balaban J connectivity index is 1.77. The lowest BCUT2D eigenvalue weighted by atomic mass is 10.1. The van der Waals surface area contributed by atoms with E-state index in [0.717, 1.165) is 22.9 Å². The zero-order valence-electron chi connectivity index (χ0n) is 14.9. The average molecular weight is 451 g/mol. The summed E-state index contributed by atoms with van der Waals surface area (Å²) >= 11 is 0. The number of nitrogens with zero attached hydrogens (tertiary/aromatic N) is 2. The van der Waals surface area contributed by atoms with Gasteiger partial charge in [0, 0.05) is 6.20 Å². The van der Waals surface area contributed by atoms with Gasteiger partial charge in [-0.1, -0.05) is 0 Å². The molecule has 164 valence electrons. The van der Waals surface area contributed by atoms with Crippen molar-refractivity contribution in [1.29, 1.82) is 0 Å². The molecule has 0 saturated heterocycles. The fourth-order valence-corrected chi connectivity index (χ4v) is 2.39. The van der Waals surface area contributed by atoms with E-state index in [9.17, 15) is 39.9 Å². The molecule has 0 radical (unpaired) electrons. The van der Waals surface area contributed by atoms with Crippen LogP contribution in [0.2, 0.25) is 0 Å². The monoisotopic (exact) mass is 451 g/mol. The number of nitrogens with one attached hydrogen (secondary N) is 1. The van der Waals surface area contributed by atoms with Crippen molar-refractivity contribution in [3.05, 3.63) is 76.9 Å². The van der Waals surface area contributed by atoms with E-state index in [1.807, 2.05) is 0 Å². The molecule has 31 heavy (non-hydrogen) atoms. The summed E-state index contributed by atoms with van der Waals surface area (Å²) in [5, 5.41) is 5.15. The maximum Gasteiger partial charge on any atom is 0.422 e. The highest BCUT2D eigenvalue weighted by molar-refractivity contribution is 6.03. The van der Waals surface area contributed by atoms with Crippen LogP contribution in [0, 0.1) is 29.1 Å². The van der Waals surface area contributed by atoms with Gasteiger partial charge in [-0.05, 0) is 30.3 Å². The summed E-state index contributed by atoms with van der Waals surface area (Å²) in [6.07, 6.45) is -4.51. The van der Waals surface area contributed by atoms with E-state index in [4.69, 9.17) is 4.74 Å². The smallest absolute Gasteiger partial charge is 0.422 e. The third-order valence-corrected chi connectivity index (χ3v) is 3.84. The van der Waals surface area contributed by atoms with Gasteiger partial charge in [0.15, 0.2) is 35.7 Å². The van der Waals surface area contributed by atoms with Crippen LogP contribution in [0.3, 0.4) is 0 Å². The van der Waals surface area contributed by atoms with Gasteiger partial charge in [-0.2, -0.15) is 18.3 Å². The molecule has 0 aliphatic heterocycles. The maximum absolute atomic E-state index is 13.9. The fraction of sp³-hybridized carbons (Fsp3) is 0.111. The Labute approximate surface area is 167 Å². The summed E-state index contributed by atoms with van der Waals surface area (Å²) in [7, 11) is 0. The van der Waals surface area contributed by atoms with Crippen molar-refractivity contribution in [3.8, 4) is 5.75 Å². The number of hydrogen-bond donors (Lipinski definition) is 1. The van der Waals surface area contributed by atoms with Gasteiger partial charge in [0.25, 0.3) is 5.91 Å². The normalized spacial score (nSPS) is 11.5. The van der Waals surface area contributed by atoms with Crippen LogP contribution in [0.15, 0.2) is 36.5 Å². The highest BCUT2D eigenvalue weighted by Crippen LogP contribution is 2.38. The van der Waals surface area contributed by atoms with Crippen LogP contribution in [-0.2, 0) is 12.9 Å². The lowest BCUT2D eigenvalue weighted by molar-refractivity contribution is -0.143. The molecule has 5 nitrogen and oxygen atoms in total. The molecule has 0 atom stereocenters. The Bertz CT molecular complexity index is 1100. The quantitative estimate of drug-likeness (QED) is 0.444. The summed E-state index contributed by atoms with van der Waals surface area (Å²) in [5.41, 5.74) is -5.00. The second-order valence-corrected chi connectivity index (χ2v) is 5.93. The van der Waals surface area contributed by atoms with Crippen molar-refractivity contribution >= 4 is 11.6 Å². The topological polar surface area (TPSA) is 56.2 Å². The number of carbonyl (C=O) groups is 1. The van der Waals surface area contributed by atoms with E-state index >= 15 is 0 Å². The number of alkyl halides is 3. The van der Waals surface area contributed by atoms with E-state index in [1.165, 1.54) is 23.6 Å². The number of anilines is 1. The third kappa shape index (κ3) is 4.59. The Kier molecular flexibility index (Phi) is 5.86. The molecule has 0 saturated carbocycles. The van der Waals surface area contributed by atoms with E-state index in [-0.39, 0.29) is 12.5 Å². The molecule has 0 bridgehead atoms. The first-order chi connectivity index (χ1) is 14.5. The standard InChI is InChI=1S/C18H9F8N3O2/c19-8-1-3-9(4-2-8)31-7-29-6-5-10(28-29)17(30)27-16-14(22)12(20)11(18(24,25)26)13(21)15(16)23/h1-6H,7H2,(H,27,30). The zero-order valence-corrected chi connectivity index (χ0v) is 14.9. The number of ether oxygens (including phenoxy) is 1. The number of carbonyl (C=O) groups excluding carboxylic acids is 1. The molecule has 3 rings (SSSR count). The first kappa shape index (κ1) is 22.1. The molecule has 1 amide bonds. The molecule has 0 aliphatic carbocycles. The predicted molar refractivity (Wildman–Crippen MR) is 88.5 cm³/mol. The second kappa shape index (κ2) is 8.24. The molecule has 1 N–H and O–H groups in total. The van der Waals surface area contributed by atoms with Crippen molar-refractivity contribution in [2.75, 3.05) is 5.32 Å². The molecule has 0 unspecified atom stereocenters. The van der Waals surface area contributed by atoms with E-state index < -0.39 is 58.1 Å². The summed E-state index contributed by atoms with van der Waals surface area (Å²) in [4.78, 5) is 12.1. The van der Waals surface area contributed by atoms with Crippen molar-refractivity contribution in [2.24, 2.45) is 0 Å². The van der Waals surface area contributed by atoms with Crippen molar-refractivity contribution in [2.45, 2.75) is 12.9 Å². The molecular weight excluding hydrogens is 442 g/mol. The van der Waals surface area contributed by atoms with Gasteiger partial charge in [-0.15, -0.1) is 0 Å². The molecule has 1 heterocycles. The molecule has 2 aromatic carbocycles. The molecule has 13 heteroatoms. The first-order valence-corrected chi connectivity index (χ1v) is 8.15. The maximum atomic E-state index is 13.9. The van der Waals surface area contributed by atoms with E-state index in [1.54, 1.807) is 0 Å². The van der Waals surface area contributed by atoms with Gasteiger partial charge >= 0.3 is 6.18 Å². The largest absolute Gasteiger partial charge is 0.471 e. The third-order valence-electron chi connectivity index (χ3n) is 3.84. The number of hydrogen-bond acceptors (Lipinski definition) is 3. The highest BCUT2D eigenvalue weighted by Gasteiger charge is 2.42. The molecule has 0 spiro atoms. The number of halogens is 8. The zero-order chi connectivity index (χ0) is 22.9. The van der Waals surface area contributed by atoms with Gasteiger partial charge < -0.3 is 10.1 Å². The minimum Gasteiger partial charge on any atom is -0.471 e. The van der Waals surface area contributed by atoms with Crippen LogP contribution in [0.5, 0.6) is 5.75 Å². The van der Waals surface area contributed by atoms with Crippen molar-refractivity contribution in [3.63, 3.8) is 0 Å². The first-order valence-electron chi connectivity index (χ1n) is 8.15. The predicted octanol–water partition coefficient (Wildman–Crippen LogP) is 4.89. The Morgan fingerprint density at radius 3 is 2.06 bits per heavy atom.